The fraction of sp³-hybridized carbons (Fsp3) is 0.417. The van der Waals surface area contributed by atoms with Gasteiger partial charge in [0.25, 0.3) is 0 Å². The van der Waals surface area contributed by atoms with Crippen molar-refractivity contribution in [2.75, 3.05) is 13.1 Å². The van der Waals surface area contributed by atoms with E-state index in [1.807, 2.05) is 37.0 Å². The zero-order valence-corrected chi connectivity index (χ0v) is 21.1. The molecule has 2 aliphatic heterocycles. The third-order valence-corrected chi connectivity index (χ3v) is 8.15. The van der Waals surface area contributed by atoms with E-state index in [9.17, 15) is 18.0 Å². The number of halogens is 1. The summed E-state index contributed by atoms with van der Waals surface area (Å²) in [7, 11) is -3.65. The highest BCUT2D eigenvalue weighted by Crippen LogP contribution is 2.33. The van der Waals surface area contributed by atoms with Gasteiger partial charge in [-0.15, -0.1) is 0 Å². The molecule has 172 valence electrons. The summed E-state index contributed by atoms with van der Waals surface area (Å²) in [5.41, 5.74) is 2.53. The van der Waals surface area contributed by atoms with Crippen molar-refractivity contribution >= 4 is 37.6 Å². The number of likely N-dealkylation sites (tertiary alicyclic amines) is 1. The second-order valence-corrected chi connectivity index (χ2v) is 11.3. The molecule has 32 heavy (non-hydrogen) atoms. The molecule has 0 bridgehead atoms. The number of rotatable bonds is 5. The monoisotopic (exact) mass is 520 g/mol. The molecular formula is C24H29BrN2O4S. The molecular weight excluding hydrogens is 492 g/mol. The van der Waals surface area contributed by atoms with Crippen LogP contribution in [0.3, 0.4) is 0 Å². The average Bonchev–Trinajstić information content (AvgIpc) is 2.77. The Bertz CT molecular complexity index is 1080. The Balaban J connectivity index is 1.78. The van der Waals surface area contributed by atoms with Crippen LogP contribution in [-0.4, -0.2) is 48.4 Å². The summed E-state index contributed by atoms with van der Waals surface area (Å²) >= 11 is 3.44. The first kappa shape index (κ1) is 24.6. The van der Waals surface area contributed by atoms with E-state index < -0.39 is 10.0 Å². The third-order valence-electron chi connectivity index (χ3n) is 5.97. The van der Waals surface area contributed by atoms with Crippen LogP contribution < -0.4 is 0 Å². The van der Waals surface area contributed by atoms with E-state index in [0.717, 1.165) is 22.2 Å². The van der Waals surface area contributed by atoms with Crippen LogP contribution in [0.4, 0.5) is 0 Å². The van der Waals surface area contributed by atoms with Gasteiger partial charge in [0.05, 0.1) is 4.90 Å². The van der Waals surface area contributed by atoms with E-state index in [-0.39, 0.29) is 22.6 Å². The first-order valence-electron chi connectivity index (χ1n) is 10.8. The standard InChI is InChI=1S/C24H29BrN2O4S/c1-4-19-8-12-24(29)27(23(19)11-5-17(2)25)21-13-15-26(16-14-21)32(30,31)22-9-6-20(7-10-22)18(3)28/h4-7,9-11,21H,8,12-16H2,1-3H3/b17-5+,19-4-,23-11+. The Labute approximate surface area is 198 Å². The lowest BCUT2D eigenvalue weighted by atomic mass is 9.94. The number of benzene rings is 1. The smallest absolute Gasteiger partial charge is 0.243 e. The average molecular weight is 521 g/mol. The molecule has 3 rings (SSSR count). The van der Waals surface area contributed by atoms with Crippen LogP contribution in [0.5, 0.6) is 0 Å². The number of carbonyl (C=O) groups excluding carboxylic acids is 2. The van der Waals surface area contributed by atoms with Gasteiger partial charge in [0.15, 0.2) is 5.78 Å². The number of nitrogens with zero attached hydrogens (tertiary/aromatic N) is 2. The Hall–Kier alpha value is -2.03. The molecule has 0 N–H and O–H groups in total. The molecule has 1 aromatic rings. The largest absolute Gasteiger partial charge is 0.309 e. The molecule has 2 fully saturated rings. The van der Waals surface area contributed by atoms with Crippen LogP contribution >= 0.6 is 15.9 Å². The lowest BCUT2D eigenvalue weighted by Gasteiger charge is -2.41. The van der Waals surface area contributed by atoms with Crippen molar-refractivity contribution in [2.45, 2.75) is 57.4 Å². The van der Waals surface area contributed by atoms with Crippen molar-refractivity contribution in [1.82, 2.24) is 9.21 Å². The minimum Gasteiger partial charge on any atom is -0.309 e. The van der Waals surface area contributed by atoms with Crippen molar-refractivity contribution in [3.05, 3.63) is 63.8 Å². The van der Waals surface area contributed by atoms with E-state index in [1.54, 1.807) is 12.1 Å². The number of amides is 1. The lowest BCUT2D eigenvalue weighted by molar-refractivity contribution is -0.132. The van der Waals surface area contributed by atoms with Gasteiger partial charge >= 0.3 is 0 Å². The van der Waals surface area contributed by atoms with E-state index in [2.05, 4.69) is 15.9 Å². The van der Waals surface area contributed by atoms with Gasteiger partial charge in [0.2, 0.25) is 15.9 Å². The SMILES string of the molecule is C/C=C1/CCC(=O)N(C2CCN(S(=O)(=O)c3ccc(C(C)=O)cc3)CC2)/C1=C/C=C(\C)Br. The van der Waals surface area contributed by atoms with Gasteiger partial charge in [0, 0.05) is 36.8 Å². The first-order valence-corrected chi connectivity index (χ1v) is 13.0. The number of ketones is 1. The number of allylic oxidation sites excluding steroid dienone is 5. The number of hydrogen-bond acceptors (Lipinski definition) is 4. The van der Waals surface area contributed by atoms with Crippen molar-refractivity contribution in [1.29, 1.82) is 0 Å². The molecule has 1 aromatic carbocycles. The minimum atomic E-state index is -3.65. The molecule has 6 nitrogen and oxygen atoms in total. The summed E-state index contributed by atoms with van der Waals surface area (Å²) in [6, 6.07) is 6.02. The van der Waals surface area contributed by atoms with Crippen molar-refractivity contribution in [3.63, 3.8) is 0 Å². The molecule has 0 unspecified atom stereocenters. The third kappa shape index (κ3) is 5.30. The summed E-state index contributed by atoms with van der Waals surface area (Å²) in [6.45, 7) is 6.06. The van der Waals surface area contributed by atoms with Crippen molar-refractivity contribution in [3.8, 4) is 0 Å². The van der Waals surface area contributed by atoms with Crippen molar-refractivity contribution in [2.24, 2.45) is 0 Å². The maximum atomic E-state index is 13.1. The summed E-state index contributed by atoms with van der Waals surface area (Å²) in [4.78, 5) is 26.4. The molecule has 0 aliphatic carbocycles. The van der Waals surface area contributed by atoms with Gasteiger partial charge in [-0.25, -0.2) is 8.42 Å². The van der Waals surface area contributed by atoms with E-state index in [0.29, 0.717) is 37.9 Å². The summed E-state index contributed by atoms with van der Waals surface area (Å²) in [6.07, 6.45) is 8.28. The predicted molar refractivity (Wildman–Crippen MR) is 129 cm³/mol. The zero-order valence-electron chi connectivity index (χ0n) is 18.7. The molecule has 0 aromatic heterocycles. The Morgan fingerprint density at radius 1 is 1.09 bits per heavy atom. The summed E-state index contributed by atoms with van der Waals surface area (Å²) in [5, 5.41) is 0. The summed E-state index contributed by atoms with van der Waals surface area (Å²) < 4.78 is 28.6. The molecule has 1 amide bonds. The van der Waals surface area contributed by atoms with E-state index in [4.69, 9.17) is 0 Å². The molecule has 2 heterocycles. The molecule has 2 aliphatic rings. The van der Waals surface area contributed by atoms with Crippen LogP contribution in [0.2, 0.25) is 0 Å². The quantitative estimate of drug-likeness (QED) is 0.522. The van der Waals surface area contributed by atoms with Crippen LogP contribution in [0.1, 0.15) is 56.8 Å². The Kier molecular flexibility index (Phi) is 7.90. The first-order chi connectivity index (χ1) is 15.1. The maximum absolute atomic E-state index is 13.1. The number of piperidine rings is 2. The van der Waals surface area contributed by atoms with E-state index >= 15 is 0 Å². The fourth-order valence-electron chi connectivity index (χ4n) is 4.20. The van der Waals surface area contributed by atoms with Gasteiger partial charge in [-0.2, -0.15) is 4.31 Å². The number of Topliss-reactive ketones (excluding diaryl/α,β-unsaturated/α-hetero) is 1. The second kappa shape index (κ2) is 10.3. The van der Waals surface area contributed by atoms with Gasteiger partial charge in [-0.3, -0.25) is 9.59 Å². The highest BCUT2D eigenvalue weighted by molar-refractivity contribution is 9.11. The highest BCUT2D eigenvalue weighted by Gasteiger charge is 2.36. The zero-order chi connectivity index (χ0) is 23.5. The second-order valence-electron chi connectivity index (χ2n) is 8.10. The molecule has 0 saturated carbocycles. The fourth-order valence-corrected chi connectivity index (χ4v) is 5.81. The minimum absolute atomic E-state index is 0.0421. The molecule has 8 heteroatoms. The van der Waals surface area contributed by atoms with Crippen LogP contribution in [-0.2, 0) is 14.8 Å². The van der Waals surface area contributed by atoms with Crippen LogP contribution in [0.15, 0.2) is 63.1 Å². The molecule has 2 saturated heterocycles. The Morgan fingerprint density at radius 3 is 2.25 bits per heavy atom. The highest BCUT2D eigenvalue weighted by atomic mass is 79.9. The maximum Gasteiger partial charge on any atom is 0.243 e. The van der Waals surface area contributed by atoms with Gasteiger partial charge in [0.1, 0.15) is 0 Å². The van der Waals surface area contributed by atoms with Gasteiger partial charge in [-0.1, -0.05) is 40.2 Å². The number of sulfonamides is 1. The lowest BCUT2D eigenvalue weighted by Crippen LogP contribution is -2.49. The normalized spacial score (nSPS) is 22.1. The topological polar surface area (TPSA) is 74.8 Å². The molecule has 0 atom stereocenters. The number of carbonyl (C=O) groups is 2. The van der Waals surface area contributed by atoms with Gasteiger partial charge in [-0.05, 0) is 68.3 Å². The van der Waals surface area contributed by atoms with Gasteiger partial charge < -0.3 is 4.90 Å². The van der Waals surface area contributed by atoms with Crippen molar-refractivity contribution < 1.29 is 18.0 Å². The van der Waals surface area contributed by atoms with Crippen LogP contribution in [0.25, 0.3) is 0 Å². The molecule has 0 radical (unpaired) electrons. The predicted octanol–water partition coefficient (Wildman–Crippen LogP) is 4.79. The van der Waals surface area contributed by atoms with Crippen LogP contribution in [0, 0.1) is 0 Å². The Morgan fingerprint density at radius 2 is 1.72 bits per heavy atom. The molecule has 0 spiro atoms. The summed E-state index contributed by atoms with van der Waals surface area (Å²) in [5.74, 6) is -0.0149. The number of hydrogen-bond donors (Lipinski definition) is 0. The van der Waals surface area contributed by atoms with E-state index in [1.165, 1.54) is 23.4 Å².